The molecule has 0 radical (unpaired) electrons. The van der Waals surface area contributed by atoms with Crippen LogP contribution in [0.3, 0.4) is 0 Å². The number of nitrogens with zero attached hydrogens (tertiary/aromatic N) is 2. The van der Waals surface area contributed by atoms with Crippen LogP contribution in [0.25, 0.3) is 0 Å². The molecule has 3 heterocycles. The molecular weight excluding hydrogens is 202 g/mol. The number of rotatable bonds is 1. The molecule has 4 heteroatoms. The van der Waals surface area contributed by atoms with Crippen molar-refractivity contribution in [3.05, 3.63) is 17.7 Å². The van der Waals surface area contributed by atoms with Crippen LogP contribution >= 0.6 is 0 Å². The van der Waals surface area contributed by atoms with E-state index in [-0.39, 0.29) is 5.54 Å². The number of fused-ring (bicyclic) bond motifs is 2. The summed E-state index contributed by atoms with van der Waals surface area (Å²) in [6.07, 6.45) is 5.34. The molecule has 1 atom stereocenters. The van der Waals surface area contributed by atoms with E-state index in [1.165, 1.54) is 17.8 Å². The second-order valence-electron chi connectivity index (χ2n) is 4.74. The maximum absolute atomic E-state index is 5.68. The van der Waals surface area contributed by atoms with Gasteiger partial charge in [-0.25, -0.2) is 4.98 Å². The van der Waals surface area contributed by atoms with Crippen molar-refractivity contribution in [1.29, 1.82) is 0 Å². The largest absolute Gasteiger partial charge is 0.379 e. The van der Waals surface area contributed by atoms with E-state index in [1.54, 1.807) is 0 Å². The molecule has 16 heavy (non-hydrogen) atoms. The fraction of sp³-hybridized carbons (Fsp3) is 0.750. The molecule has 1 aromatic rings. The summed E-state index contributed by atoms with van der Waals surface area (Å²) in [5.41, 5.74) is 2.69. The second-order valence-corrected chi connectivity index (χ2v) is 4.74. The summed E-state index contributed by atoms with van der Waals surface area (Å²) in [5.74, 6) is 0. The minimum absolute atomic E-state index is 0.0400. The lowest BCUT2D eigenvalue weighted by Gasteiger charge is -2.41. The summed E-state index contributed by atoms with van der Waals surface area (Å²) in [4.78, 5) is 4.54. The van der Waals surface area contributed by atoms with Crippen molar-refractivity contribution in [2.75, 3.05) is 19.8 Å². The summed E-state index contributed by atoms with van der Waals surface area (Å²) in [6, 6.07) is 0. The normalized spacial score (nSPS) is 29.3. The minimum atomic E-state index is 0.0400. The van der Waals surface area contributed by atoms with Gasteiger partial charge in [-0.2, -0.15) is 0 Å². The lowest BCUT2D eigenvalue weighted by atomic mass is 9.84. The van der Waals surface area contributed by atoms with Crippen molar-refractivity contribution in [2.45, 2.75) is 38.3 Å². The molecule has 1 unspecified atom stereocenters. The zero-order chi connectivity index (χ0) is 11.0. The Kier molecular flexibility index (Phi) is 2.48. The quantitative estimate of drug-likeness (QED) is 0.770. The molecule has 1 fully saturated rings. The summed E-state index contributed by atoms with van der Waals surface area (Å²) >= 11 is 0. The Morgan fingerprint density at radius 3 is 3.31 bits per heavy atom. The Labute approximate surface area is 96.0 Å². The van der Waals surface area contributed by atoms with Crippen molar-refractivity contribution in [2.24, 2.45) is 0 Å². The van der Waals surface area contributed by atoms with Crippen LogP contribution in [-0.4, -0.2) is 29.3 Å². The van der Waals surface area contributed by atoms with Crippen LogP contribution in [0.2, 0.25) is 0 Å². The van der Waals surface area contributed by atoms with Crippen LogP contribution in [0.4, 0.5) is 0 Å². The van der Waals surface area contributed by atoms with E-state index in [4.69, 9.17) is 4.74 Å². The lowest BCUT2D eigenvalue weighted by Crippen LogP contribution is -2.53. The van der Waals surface area contributed by atoms with Gasteiger partial charge in [0.25, 0.3) is 0 Å². The summed E-state index contributed by atoms with van der Waals surface area (Å²) in [5, 5.41) is 3.67. The van der Waals surface area contributed by atoms with E-state index in [0.717, 1.165) is 39.1 Å². The van der Waals surface area contributed by atoms with Crippen molar-refractivity contribution in [1.82, 2.24) is 14.9 Å². The average Bonchev–Trinajstić information content (AvgIpc) is 2.75. The van der Waals surface area contributed by atoms with E-state index >= 15 is 0 Å². The number of ether oxygens (including phenoxy) is 1. The van der Waals surface area contributed by atoms with Crippen LogP contribution in [0.5, 0.6) is 0 Å². The van der Waals surface area contributed by atoms with Crippen LogP contribution in [-0.2, 0) is 23.2 Å². The maximum Gasteiger partial charge on any atom is 0.0952 e. The summed E-state index contributed by atoms with van der Waals surface area (Å²) < 4.78 is 7.96. The highest BCUT2D eigenvalue weighted by molar-refractivity contribution is 5.27. The van der Waals surface area contributed by atoms with Gasteiger partial charge in [0, 0.05) is 26.1 Å². The Morgan fingerprint density at radius 2 is 2.56 bits per heavy atom. The smallest absolute Gasteiger partial charge is 0.0952 e. The first-order valence-electron chi connectivity index (χ1n) is 6.23. The third kappa shape index (κ3) is 1.40. The zero-order valence-electron chi connectivity index (χ0n) is 9.83. The van der Waals surface area contributed by atoms with E-state index in [2.05, 4.69) is 21.8 Å². The van der Waals surface area contributed by atoms with Crippen molar-refractivity contribution in [3.8, 4) is 0 Å². The molecule has 1 spiro atoms. The van der Waals surface area contributed by atoms with Gasteiger partial charge in [0.1, 0.15) is 0 Å². The first-order valence-corrected chi connectivity index (χ1v) is 6.23. The highest BCUT2D eigenvalue weighted by atomic mass is 16.5. The van der Waals surface area contributed by atoms with Crippen molar-refractivity contribution in [3.63, 3.8) is 0 Å². The summed E-state index contributed by atoms with van der Waals surface area (Å²) in [6.45, 7) is 5.89. The number of imidazole rings is 1. The zero-order valence-corrected chi connectivity index (χ0v) is 9.83. The topological polar surface area (TPSA) is 39.1 Å². The van der Waals surface area contributed by atoms with E-state index in [1.807, 2.05) is 6.33 Å². The van der Waals surface area contributed by atoms with Crippen LogP contribution in [0, 0.1) is 0 Å². The molecule has 0 amide bonds. The molecule has 0 aromatic carbocycles. The fourth-order valence-electron chi connectivity index (χ4n) is 3.02. The highest BCUT2D eigenvalue weighted by Gasteiger charge is 2.41. The molecule has 4 nitrogen and oxygen atoms in total. The monoisotopic (exact) mass is 221 g/mol. The Balaban J connectivity index is 2.06. The van der Waals surface area contributed by atoms with Gasteiger partial charge < -0.3 is 14.6 Å². The van der Waals surface area contributed by atoms with Gasteiger partial charge >= 0.3 is 0 Å². The molecule has 3 rings (SSSR count). The van der Waals surface area contributed by atoms with Crippen molar-refractivity contribution < 1.29 is 4.74 Å². The standard InChI is InChI=1S/C12H19N3O/c1-2-15-9-13-10-4-6-14-12(11(10)15)5-3-7-16-8-12/h9,14H,2-8H2,1H3. The van der Waals surface area contributed by atoms with Crippen LogP contribution in [0.1, 0.15) is 31.2 Å². The molecule has 1 N–H and O–H groups in total. The second kappa shape index (κ2) is 3.86. The Hall–Kier alpha value is -0.870. The highest BCUT2D eigenvalue weighted by Crippen LogP contribution is 2.35. The molecule has 88 valence electrons. The minimum Gasteiger partial charge on any atom is -0.379 e. The van der Waals surface area contributed by atoms with Crippen molar-refractivity contribution >= 4 is 0 Å². The molecule has 2 aliphatic heterocycles. The fourth-order valence-corrected chi connectivity index (χ4v) is 3.02. The number of aromatic nitrogens is 2. The molecule has 2 aliphatic rings. The van der Waals surface area contributed by atoms with Gasteiger partial charge in [-0.05, 0) is 19.8 Å². The molecule has 0 saturated carbocycles. The third-order valence-electron chi connectivity index (χ3n) is 3.77. The van der Waals surface area contributed by atoms with Gasteiger partial charge in [-0.1, -0.05) is 0 Å². The Bertz CT molecular complexity index is 366. The predicted octanol–water partition coefficient (Wildman–Crippen LogP) is 1.05. The molecule has 1 aromatic heterocycles. The molecule has 1 saturated heterocycles. The molecule has 0 aliphatic carbocycles. The van der Waals surface area contributed by atoms with E-state index in [9.17, 15) is 0 Å². The van der Waals surface area contributed by atoms with E-state index in [0.29, 0.717) is 0 Å². The number of hydrogen-bond acceptors (Lipinski definition) is 3. The third-order valence-corrected chi connectivity index (χ3v) is 3.77. The number of nitrogens with one attached hydrogen (secondary N) is 1. The van der Waals surface area contributed by atoms with Gasteiger partial charge in [0.2, 0.25) is 0 Å². The van der Waals surface area contributed by atoms with Gasteiger partial charge in [0.15, 0.2) is 0 Å². The van der Waals surface area contributed by atoms with Gasteiger partial charge in [-0.3, -0.25) is 0 Å². The van der Waals surface area contributed by atoms with Gasteiger partial charge in [0.05, 0.1) is 29.9 Å². The van der Waals surface area contributed by atoms with Crippen LogP contribution in [0.15, 0.2) is 6.33 Å². The maximum atomic E-state index is 5.68. The SMILES string of the molecule is CCn1cnc2c1C1(CCCOC1)NCC2. The first-order chi connectivity index (χ1) is 7.86. The molecule has 0 bridgehead atoms. The number of aryl methyl sites for hydroxylation is 1. The number of hydrogen-bond donors (Lipinski definition) is 1. The first kappa shape index (κ1) is 10.3. The van der Waals surface area contributed by atoms with Gasteiger partial charge in [-0.15, -0.1) is 0 Å². The van der Waals surface area contributed by atoms with Crippen LogP contribution < -0.4 is 5.32 Å². The average molecular weight is 221 g/mol. The lowest BCUT2D eigenvalue weighted by molar-refractivity contribution is 0.0114. The summed E-state index contributed by atoms with van der Waals surface area (Å²) in [7, 11) is 0. The van der Waals surface area contributed by atoms with E-state index < -0.39 is 0 Å². The predicted molar refractivity (Wildman–Crippen MR) is 61.3 cm³/mol. The Morgan fingerprint density at radius 1 is 1.62 bits per heavy atom. The molecular formula is C12H19N3O.